The third kappa shape index (κ3) is 4.69. The van der Waals surface area contributed by atoms with Gasteiger partial charge in [0, 0.05) is 11.8 Å². The van der Waals surface area contributed by atoms with Crippen LogP contribution in [0.1, 0.15) is 19.5 Å². The second-order valence-electron chi connectivity index (χ2n) is 6.23. The first kappa shape index (κ1) is 18.6. The van der Waals surface area contributed by atoms with E-state index in [1.54, 1.807) is 13.0 Å². The van der Waals surface area contributed by atoms with Crippen molar-refractivity contribution in [2.75, 3.05) is 10.6 Å². The number of aromatic nitrogens is 2. The number of rotatable bonds is 6. The van der Waals surface area contributed by atoms with Crippen LogP contribution in [0.3, 0.4) is 0 Å². The third-order valence-corrected chi connectivity index (χ3v) is 3.57. The quantitative estimate of drug-likeness (QED) is 0.613. The molecule has 140 valence electrons. The van der Waals surface area contributed by atoms with Gasteiger partial charge in [0.05, 0.1) is 11.8 Å². The Kier molecular flexibility index (Phi) is 5.49. The zero-order valence-electron chi connectivity index (χ0n) is 15.3. The van der Waals surface area contributed by atoms with Crippen LogP contribution in [-0.2, 0) is 0 Å². The molecule has 2 aromatic carbocycles. The number of anilines is 4. The molecule has 2 N–H and O–H groups in total. The van der Waals surface area contributed by atoms with E-state index in [0.717, 1.165) is 5.69 Å². The van der Waals surface area contributed by atoms with Crippen LogP contribution in [0.4, 0.5) is 31.9 Å². The second kappa shape index (κ2) is 7.99. The van der Waals surface area contributed by atoms with E-state index in [9.17, 15) is 8.78 Å². The highest BCUT2D eigenvalue weighted by Gasteiger charge is 2.12. The predicted octanol–water partition coefficient (Wildman–Crippen LogP) is 5.34. The zero-order valence-corrected chi connectivity index (χ0v) is 15.3. The molecule has 0 saturated heterocycles. The van der Waals surface area contributed by atoms with E-state index in [1.165, 1.54) is 18.2 Å². The van der Waals surface area contributed by atoms with Gasteiger partial charge in [-0.2, -0.15) is 4.98 Å². The zero-order chi connectivity index (χ0) is 19.4. The van der Waals surface area contributed by atoms with E-state index in [1.807, 2.05) is 38.1 Å². The number of aryl methyl sites for hydroxylation is 1. The van der Waals surface area contributed by atoms with Gasteiger partial charge in [0.15, 0.2) is 0 Å². The van der Waals surface area contributed by atoms with Crippen LogP contribution in [0.25, 0.3) is 0 Å². The Balaban J connectivity index is 1.89. The molecule has 0 bridgehead atoms. The monoisotopic (exact) mass is 370 g/mol. The number of hydrogen-bond acceptors (Lipinski definition) is 5. The first-order chi connectivity index (χ1) is 12.9. The average molecular weight is 370 g/mol. The van der Waals surface area contributed by atoms with Crippen LogP contribution in [0.5, 0.6) is 5.75 Å². The Morgan fingerprint density at radius 3 is 2.33 bits per heavy atom. The number of halogens is 2. The van der Waals surface area contributed by atoms with Gasteiger partial charge < -0.3 is 15.4 Å². The summed E-state index contributed by atoms with van der Waals surface area (Å²) in [5, 5.41) is 5.78. The first-order valence-corrected chi connectivity index (χ1v) is 8.52. The van der Waals surface area contributed by atoms with Crippen LogP contribution in [0, 0.1) is 18.6 Å². The van der Waals surface area contributed by atoms with Crippen molar-refractivity contribution >= 4 is 23.1 Å². The molecular weight excluding hydrogens is 350 g/mol. The molecule has 0 radical (unpaired) electrons. The van der Waals surface area contributed by atoms with Gasteiger partial charge in [0.25, 0.3) is 0 Å². The molecule has 0 atom stereocenters. The lowest BCUT2D eigenvalue weighted by molar-refractivity contribution is 0.244. The Labute approximate surface area is 156 Å². The molecule has 7 heteroatoms. The maximum absolute atomic E-state index is 13.9. The maximum atomic E-state index is 13.9. The van der Waals surface area contributed by atoms with Crippen molar-refractivity contribution in [2.24, 2.45) is 0 Å². The molecule has 1 aromatic heterocycles. The van der Waals surface area contributed by atoms with Crippen molar-refractivity contribution in [2.45, 2.75) is 26.9 Å². The summed E-state index contributed by atoms with van der Waals surface area (Å²) in [7, 11) is 0. The summed E-state index contributed by atoms with van der Waals surface area (Å²) in [5.41, 5.74) is 1.07. The molecule has 0 spiro atoms. The molecule has 0 saturated carbocycles. The molecular formula is C20H20F2N4O. The van der Waals surface area contributed by atoms with E-state index in [-0.39, 0.29) is 17.7 Å². The topological polar surface area (TPSA) is 59.1 Å². The second-order valence-corrected chi connectivity index (χ2v) is 6.23. The van der Waals surface area contributed by atoms with Crippen molar-refractivity contribution in [1.29, 1.82) is 0 Å². The van der Waals surface area contributed by atoms with Gasteiger partial charge in [-0.3, -0.25) is 0 Å². The number of hydrogen-bond donors (Lipinski definition) is 2. The van der Waals surface area contributed by atoms with Crippen LogP contribution in [0.2, 0.25) is 0 Å². The van der Waals surface area contributed by atoms with Gasteiger partial charge in [-0.1, -0.05) is 18.2 Å². The van der Waals surface area contributed by atoms with E-state index in [0.29, 0.717) is 17.3 Å². The first-order valence-electron chi connectivity index (χ1n) is 8.52. The van der Waals surface area contributed by atoms with Crippen molar-refractivity contribution in [3.8, 4) is 5.75 Å². The minimum atomic E-state index is -0.717. The van der Waals surface area contributed by atoms with Crippen LogP contribution in [-0.4, -0.2) is 16.1 Å². The summed E-state index contributed by atoms with van der Waals surface area (Å²) in [6.45, 7) is 5.65. The highest BCUT2D eigenvalue weighted by molar-refractivity contribution is 5.65. The Bertz CT molecular complexity index is 927. The van der Waals surface area contributed by atoms with E-state index < -0.39 is 11.6 Å². The standard InChI is InChI=1S/C20H20F2N4O/c1-12(2)27-17-10-5-4-9-16(17)24-18-11-13(3)23-20(25-18)26-19-14(21)7-6-8-15(19)22/h4-12H,1-3H3,(H2,23,24,25,26). The van der Waals surface area contributed by atoms with Gasteiger partial charge in [0.1, 0.15) is 28.9 Å². The molecule has 0 fully saturated rings. The Morgan fingerprint density at radius 1 is 0.926 bits per heavy atom. The van der Waals surface area contributed by atoms with Crippen molar-refractivity contribution < 1.29 is 13.5 Å². The summed E-state index contributed by atoms with van der Waals surface area (Å²) in [4.78, 5) is 8.50. The van der Waals surface area contributed by atoms with Gasteiger partial charge in [-0.15, -0.1) is 0 Å². The molecule has 27 heavy (non-hydrogen) atoms. The number of benzene rings is 2. The molecule has 0 unspecified atom stereocenters. The number of para-hydroxylation sites is 3. The molecule has 3 aromatic rings. The summed E-state index contributed by atoms with van der Waals surface area (Å²) in [6, 6.07) is 12.8. The van der Waals surface area contributed by atoms with Gasteiger partial charge in [0.2, 0.25) is 5.95 Å². The Hall–Kier alpha value is -3.22. The van der Waals surface area contributed by atoms with Crippen molar-refractivity contribution in [3.05, 3.63) is 65.9 Å². The van der Waals surface area contributed by atoms with Crippen LogP contribution >= 0.6 is 0 Å². The van der Waals surface area contributed by atoms with E-state index >= 15 is 0 Å². The molecule has 3 rings (SSSR count). The fourth-order valence-corrected chi connectivity index (χ4v) is 2.48. The normalized spacial score (nSPS) is 10.7. The molecule has 0 aliphatic heterocycles. The summed E-state index contributed by atoms with van der Waals surface area (Å²) < 4.78 is 33.5. The largest absolute Gasteiger partial charge is 0.489 e. The maximum Gasteiger partial charge on any atom is 0.229 e. The minimum Gasteiger partial charge on any atom is -0.489 e. The molecule has 0 aliphatic carbocycles. The predicted molar refractivity (Wildman–Crippen MR) is 102 cm³/mol. The highest BCUT2D eigenvalue weighted by Crippen LogP contribution is 2.29. The third-order valence-electron chi connectivity index (χ3n) is 3.57. The summed E-state index contributed by atoms with van der Waals surface area (Å²) in [6.07, 6.45) is 0.0151. The number of nitrogens with one attached hydrogen (secondary N) is 2. The van der Waals surface area contributed by atoms with Gasteiger partial charge in [-0.05, 0) is 45.0 Å². The van der Waals surface area contributed by atoms with Crippen LogP contribution in [0.15, 0.2) is 48.5 Å². The van der Waals surface area contributed by atoms with Crippen molar-refractivity contribution in [1.82, 2.24) is 9.97 Å². The van der Waals surface area contributed by atoms with E-state index in [4.69, 9.17) is 4.74 Å². The van der Waals surface area contributed by atoms with E-state index in [2.05, 4.69) is 20.6 Å². The average Bonchev–Trinajstić information content (AvgIpc) is 2.59. The summed E-state index contributed by atoms with van der Waals surface area (Å²) in [5.74, 6) is -0.195. The number of ether oxygens (including phenoxy) is 1. The summed E-state index contributed by atoms with van der Waals surface area (Å²) >= 11 is 0. The molecule has 0 amide bonds. The minimum absolute atomic E-state index is 0.0151. The SMILES string of the molecule is Cc1cc(Nc2ccccc2OC(C)C)nc(Nc2c(F)cccc2F)n1. The van der Waals surface area contributed by atoms with Crippen molar-refractivity contribution in [3.63, 3.8) is 0 Å². The molecule has 0 aliphatic rings. The highest BCUT2D eigenvalue weighted by atomic mass is 19.1. The van der Waals surface area contributed by atoms with Gasteiger partial charge >= 0.3 is 0 Å². The molecule has 5 nitrogen and oxygen atoms in total. The lowest BCUT2D eigenvalue weighted by Crippen LogP contribution is -2.08. The number of nitrogens with zero attached hydrogens (tertiary/aromatic N) is 2. The smallest absolute Gasteiger partial charge is 0.229 e. The lowest BCUT2D eigenvalue weighted by Gasteiger charge is -2.16. The fraction of sp³-hybridized carbons (Fsp3) is 0.200. The molecule has 1 heterocycles. The fourth-order valence-electron chi connectivity index (χ4n) is 2.48. The van der Waals surface area contributed by atoms with Gasteiger partial charge in [-0.25, -0.2) is 13.8 Å². The Morgan fingerprint density at radius 2 is 1.63 bits per heavy atom. The van der Waals surface area contributed by atoms with Crippen LogP contribution < -0.4 is 15.4 Å². The lowest BCUT2D eigenvalue weighted by atomic mass is 10.2.